The van der Waals surface area contributed by atoms with E-state index in [0.29, 0.717) is 0 Å². The van der Waals surface area contributed by atoms with Crippen LogP contribution in [0.25, 0.3) is 0 Å². The highest BCUT2D eigenvalue weighted by molar-refractivity contribution is 4.49. The molecule has 6 heavy (non-hydrogen) atoms. The highest BCUT2D eigenvalue weighted by atomic mass is 16.3. The monoisotopic (exact) mass is 89.1 g/mol. The third kappa shape index (κ3) is 2.18. The summed E-state index contributed by atoms with van der Waals surface area (Å²) < 4.78 is 0. The van der Waals surface area contributed by atoms with Crippen LogP contribution in [0.3, 0.4) is 0 Å². The van der Waals surface area contributed by atoms with E-state index in [2.05, 4.69) is 5.32 Å². The van der Waals surface area contributed by atoms with Gasteiger partial charge in [-0.1, -0.05) is 0 Å². The molecule has 0 amide bonds. The quantitative estimate of drug-likeness (QED) is 0.482. The maximum Gasteiger partial charge on any atom is 0.0581 e. The van der Waals surface area contributed by atoms with Crippen molar-refractivity contribution in [1.29, 1.82) is 0 Å². The zero-order valence-corrected chi connectivity index (χ0v) is 4.23. The molecule has 0 spiro atoms. The molecule has 0 aliphatic rings. The maximum atomic E-state index is 8.27. The molecule has 0 radical (unpaired) electrons. The molecule has 1 atom stereocenters. The van der Waals surface area contributed by atoms with Gasteiger partial charge in [0.25, 0.3) is 0 Å². The van der Waals surface area contributed by atoms with Gasteiger partial charge in [-0.2, -0.15) is 0 Å². The van der Waals surface area contributed by atoms with E-state index in [1.165, 1.54) is 0 Å². The number of rotatable bonds is 2. The Hall–Kier alpha value is -0.0800. The third-order valence-electron chi connectivity index (χ3n) is 0.767. The van der Waals surface area contributed by atoms with E-state index in [9.17, 15) is 0 Å². The fraction of sp³-hybridized carbons (Fsp3) is 1.00. The molecule has 0 aromatic rings. The molecule has 0 aliphatic carbocycles. The highest BCUT2D eigenvalue weighted by Crippen LogP contribution is 1.69. The Morgan fingerprint density at radius 1 is 1.83 bits per heavy atom. The molecule has 2 nitrogen and oxygen atoms in total. The van der Waals surface area contributed by atoms with Gasteiger partial charge in [-0.05, 0) is 14.0 Å². The summed E-state index contributed by atoms with van der Waals surface area (Å²) in [5.41, 5.74) is 0. The van der Waals surface area contributed by atoms with Crippen LogP contribution in [0, 0.1) is 0 Å². The number of aliphatic hydroxyl groups excluding tert-OH is 1. The van der Waals surface area contributed by atoms with E-state index < -0.39 is 0 Å². The molecule has 0 heterocycles. The van der Waals surface area contributed by atoms with Gasteiger partial charge in [-0.25, -0.2) is 0 Å². The van der Waals surface area contributed by atoms with Crippen molar-refractivity contribution in [2.45, 2.75) is 13.0 Å². The largest absolute Gasteiger partial charge is 0.395 e. The molecule has 38 valence electrons. The predicted molar refractivity (Wildman–Crippen MR) is 25.6 cm³/mol. The fourth-order valence-electron chi connectivity index (χ4n) is 0.0913. The summed E-state index contributed by atoms with van der Waals surface area (Å²) >= 11 is 0. The molecule has 0 aliphatic heterocycles. The molecule has 0 aromatic heterocycles. The van der Waals surface area contributed by atoms with Crippen molar-refractivity contribution in [2.75, 3.05) is 13.7 Å². The van der Waals surface area contributed by atoms with Crippen molar-refractivity contribution in [1.82, 2.24) is 5.32 Å². The van der Waals surface area contributed by atoms with E-state index in [-0.39, 0.29) is 12.6 Å². The van der Waals surface area contributed by atoms with Crippen molar-refractivity contribution < 1.29 is 5.11 Å². The molecule has 0 saturated heterocycles. The fourth-order valence-corrected chi connectivity index (χ4v) is 0.0913. The minimum atomic E-state index is 0.219. The van der Waals surface area contributed by atoms with E-state index in [0.717, 1.165) is 0 Å². The smallest absolute Gasteiger partial charge is 0.0581 e. The second-order valence-electron chi connectivity index (χ2n) is 1.37. The minimum Gasteiger partial charge on any atom is -0.395 e. The second kappa shape index (κ2) is 3.12. The molecule has 0 rings (SSSR count). The molecule has 0 bridgehead atoms. The second-order valence-corrected chi connectivity index (χ2v) is 1.37. The van der Waals surface area contributed by atoms with Crippen molar-refractivity contribution in [3.05, 3.63) is 0 Å². The lowest BCUT2D eigenvalue weighted by Crippen LogP contribution is -2.24. The molecule has 2 N–H and O–H groups in total. The Labute approximate surface area is 38.2 Å². The van der Waals surface area contributed by atoms with E-state index >= 15 is 0 Å². The predicted octanol–water partition coefficient (Wildman–Crippen LogP) is -0.413. The van der Waals surface area contributed by atoms with Gasteiger partial charge in [0.15, 0.2) is 0 Å². The van der Waals surface area contributed by atoms with Gasteiger partial charge in [-0.3, -0.25) is 0 Å². The van der Waals surface area contributed by atoms with Crippen LogP contribution in [0.2, 0.25) is 0 Å². The van der Waals surface area contributed by atoms with Crippen molar-refractivity contribution >= 4 is 0 Å². The van der Waals surface area contributed by atoms with Crippen molar-refractivity contribution in [3.8, 4) is 0 Å². The first-order valence-corrected chi connectivity index (χ1v) is 2.09. The maximum absolute atomic E-state index is 8.27. The van der Waals surface area contributed by atoms with Crippen molar-refractivity contribution in [2.24, 2.45) is 0 Å². The van der Waals surface area contributed by atoms with Crippen molar-refractivity contribution in [3.63, 3.8) is 0 Å². The average Bonchev–Trinajstić information content (AvgIpc) is 1.65. The van der Waals surface area contributed by atoms with Gasteiger partial charge in [0.2, 0.25) is 0 Å². The van der Waals surface area contributed by atoms with Crippen LogP contribution in [0.5, 0.6) is 0 Å². The lowest BCUT2D eigenvalue weighted by Gasteiger charge is -2.01. The van der Waals surface area contributed by atoms with E-state index in [4.69, 9.17) is 5.11 Å². The summed E-state index contributed by atoms with van der Waals surface area (Å²) in [6.07, 6.45) is 0. The number of aliphatic hydroxyl groups is 1. The zero-order valence-electron chi connectivity index (χ0n) is 4.23. The normalized spacial score (nSPS) is 14.5. The molecule has 0 fully saturated rings. The number of nitrogens with one attached hydrogen (secondary N) is 1. The number of hydrogen-bond donors (Lipinski definition) is 2. The summed E-state index contributed by atoms with van der Waals surface area (Å²) in [6, 6.07) is 0.241. The Morgan fingerprint density at radius 2 is 2.33 bits per heavy atom. The van der Waals surface area contributed by atoms with Gasteiger partial charge in [0, 0.05) is 6.04 Å². The van der Waals surface area contributed by atoms with Crippen LogP contribution in [-0.4, -0.2) is 24.8 Å². The van der Waals surface area contributed by atoms with Gasteiger partial charge < -0.3 is 10.4 Å². The first kappa shape index (κ1) is 5.92. The summed E-state index contributed by atoms with van der Waals surface area (Å²) in [6.45, 7) is 2.14. The number of hydrogen-bond acceptors (Lipinski definition) is 2. The van der Waals surface area contributed by atoms with Gasteiger partial charge >= 0.3 is 0 Å². The van der Waals surface area contributed by atoms with Crippen LogP contribution in [0.15, 0.2) is 0 Å². The van der Waals surface area contributed by atoms with Crippen LogP contribution in [0.4, 0.5) is 0 Å². The van der Waals surface area contributed by atoms with Crippen LogP contribution < -0.4 is 5.32 Å². The molecule has 1 unspecified atom stereocenters. The zero-order chi connectivity index (χ0) is 4.99. The first-order chi connectivity index (χ1) is 2.81. The van der Waals surface area contributed by atoms with Crippen LogP contribution in [0.1, 0.15) is 6.92 Å². The van der Waals surface area contributed by atoms with Crippen LogP contribution in [-0.2, 0) is 0 Å². The Kier molecular flexibility index (Phi) is 3.08. The third-order valence-corrected chi connectivity index (χ3v) is 0.767. The average molecular weight is 89.1 g/mol. The van der Waals surface area contributed by atoms with Crippen LogP contribution >= 0.6 is 0 Å². The molecule has 2 heteroatoms. The Morgan fingerprint density at radius 3 is 2.33 bits per heavy atom. The van der Waals surface area contributed by atoms with E-state index in [1.807, 2.05) is 14.0 Å². The van der Waals surface area contributed by atoms with Gasteiger partial charge in [-0.15, -0.1) is 0 Å². The summed E-state index contributed by atoms with van der Waals surface area (Å²) in [5, 5.41) is 11.1. The summed E-state index contributed by atoms with van der Waals surface area (Å²) in [4.78, 5) is 0. The summed E-state index contributed by atoms with van der Waals surface area (Å²) in [7, 11) is 1.82. The minimum absolute atomic E-state index is 0.219. The van der Waals surface area contributed by atoms with E-state index in [1.54, 1.807) is 0 Å². The molecule has 0 aromatic carbocycles. The van der Waals surface area contributed by atoms with Gasteiger partial charge in [0.1, 0.15) is 0 Å². The first-order valence-electron chi connectivity index (χ1n) is 2.09. The van der Waals surface area contributed by atoms with Gasteiger partial charge in [0.05, 0.1) is 6.61 Å². The standard InChI is InChI=1S/C4H11NO/c1-4(3-6)5-2/h4-6H,3H2,1-2H3. The topological polar surface area (TPSA) is 32.3 Å². The highest BCUT2D eigenvalue weighted by Gasteiger charge is 1.88. The lowest BCUT2D eigenvalue weighted by molar-refractivity contribution is 0.258. The summed E-state index contributed by atoms with van der Waals surface area (Å²) in [5.74, 6) is 0. The molecular weight excluding hydrogens is 78.0 g/mol. The Bertz CT molecular complexity index is 26.7. The molecule has 0 saturated carbocycles. The lowest BCUT2D eigenvalue weighted by atomic mass is 10.4. The number of likely N-dealkylation sites (N-methyl/N-ethyl adjacent to an activating group) is 1. The molecular formula is C4H11NO. The SMILES string of the molecule is CNC(C)CO. The Balaban J connectivity index is 2.75.